The Morgan fingerprint density at radius 3 is 1.49 bits per heavy atom. The first-order valence-electron chi connectivity index (χ1n) is 31.6. The van der Waals surface area contributed by atoms with Gasteiger partial charge in [-0.25, -0.2) is 0 Å². The van der Waals surface area contributed by atoms with Gasteiger partial charge in [-0.05, 0) is 197 Å². The number of aryl methyl sites for hydroxylation is 2. The topological polar surface area (TPSA) is 23.0 Å². The van der Waals surface area contributed by atoms with Crippen molar-refractivity contribution >= 4 is 55.9 Å². The van der Waals surface area contributed by atoms with Crippen LogP contribution in [-0.2, 0) is 18.3 Å². The van der Waals surface area contributed by atoms with Crippen LogP contribution in [0, 0.1) is 0 Å². The van der Waals surface area contributed by atoms with Gasteiger partial charge in [0.2, 0.25) is 0 Å². The van der Waals surface area contributed by atoms with Crippen LogP contribution in [0.1, 0.15) is 157 Å². The SMILES string of the molecule is C=CC.CCCCCCCCC1(CCCCCCCC)c2ccc(-c3cccc(-c4ccc5c(c4)oc4ccc(-n6c7c(c8ccccc86)CCC=C7)cc45)c3)cc2-c2cc(-c3cccc(-n4c5c(c6ccccc64)CCC=C5)c3)ccc21. The van der Waals surface area contributed by atoms with Gasteiger partial charge in [-0.1, -0.05) is 206 Å². The van der Waals surface area contributed by atoms with E-state index >= 15 is 0 Å². The van der Waals surface area contributed by atoms with E-state index in [-0.39, 0.29) is 5.41 Å². The van der Waals surface area contributed by atoms with Gasteiger partial charge in [0.15, 0.2) is 0 Å². The molecule has 0 atom stereocenters. The van der Waals surface area contributed by atoms with E-state index in [1.807, 2.05) is 6.92 Å². The first-order valence-corrected chi connectivity index (χ1v) is 31.6. The van der Waals surface area contributed by atoms with Crippen molar-refractivity contribution in [2.45, 2.75) is 142 Å². The van der Waals surface area contributed by atoms with Gasteiger partial charge in [0, 0.05) is 49.7 Å². The molecule has 3 heterocycles. The second-order valence-electron chi connectivity index (χ2n) is 24.0. The van der Waals surface area contributed by atoms with Gasteiger partial charge in [-0.2, -0.15) is 0 Å². The Morgan fingerprint density at radius 1 is 0.434 bits per heavy atom. The van der Waals surface area contributed by atoms with Gasteiger partial charge >= 0.3 is 0 Å². The molecule has 0 fully saturated rings. The number of furan rings is 1. The normalized spacial score (nSPS) is 13.8. The summed E-state index contributed by atoms with van der Waals surface area (Å²) in [4.78, 5) is 0. The number of aromatic nitrogens is 2. The zero-order valence-electron chi connectivity index (χ0n) is 49.3. The highest BCUT2D eigenvalue weighted by atomic mass is 16.3. The Kier molecular flexibility index (Phi) is 15.6. The van der Waals surface area contributed by atoms with Crippen LogP contribution in [0.2, 0.25) is 0 Å². The summed E-state index contributed by atoms with van der Waals surface area (Å²) in [6.45, 7) is 9.91. The first-order chi connectivity index (χ1) is 41.0. The lowest BCUT2D eigenvalue weighted by Gasteiger charge is -2.33. The van der Waals surface area contributed by atoms with Crippen LogP contribution in [-0.4, -0.2) is 9.13 Å². The van der Waals surface area contributed by atoms with Gasteiger partial charge in [0.05, 0.1) is 11.0 Å². The minimum atomic E-state index is -0.00867. The summed E-state index contributed by atoms with van der Waals surface area (Å²) in [6, 6.07) is 65.1. The van der Waals surface area contributed by atoms with Gasteiger partial charge in [0.1, 0.15) is 11.2 Å². The van der Waals surface area contributed by atoms with Gasteiger partial charge in [0.25, 0.3) is 0 Å². The molecule has 0 radical (unpaired) electrons. The molecular weight excluding hydrogens is 1000 g/mol. The number of nitrogens with zero attached hydrogens (tertiary/aromatic N) is 2. The molecule has 0 bridgehead atoms. The largest absolute Gasteiger partial charge is 0.456 e. The summed E-state index contributed by atoms with van der Waals surface area (Å²) in [5.41, 5.74) is 25.6. The first kappa shape index (κ1) is 54.1. The number of para-hydroxylation sites is 2. The number of unbranched alkanes of at least 4 members (excludes halogenated alkanes) is 10. The van der Waals surface area contributed by atoms with Gasteiger partial charge in [-0.15, -0.1) is 6.58 Å². The lowest BCUT2D eigenvalue weighted by Crippen LogP contribution is -2.25. The zero-order chi connectivity index (χ0) is 56.3. The Bertz CT molecular complexity index is 4220. The molecule has 0 saturated carbocycles. The van der Waals surface area contributed by atoms with E-state index in [2.05, 4.69) is 224 Å². The molecule has 3 heteroatoms. The Balaban J connectivity index is 0.00000211. The van der Waals surface area contributed by atoms with Crippen molar-refractivity contribution in [3.05, 3.63) is 228 Å². The van der Waals surface area contributed by atoms with Gasteiger partial charge in [-0.3, -0.25) is 0 Å². The third-order valence-electron chi connectivity index (χ3n) is 18.7. The molecule has 0 aliphatic heterocycles. The number of benzene rings is 8. The lowest BCUT2D eigenvalue weighted by molar-refractivity contribution is 0.398. The van der Waals surface area contributed by atoms with E-state index in [1.165, 1.54) is 190 Å². The molecular formula is C80H80N2O. The predicted molar refractivity (Wildman–Crippen MR) is 356 cm³/mol. The van der Waals surface area contributed by atoms with Crippen molar-refractivity contribution in [2.75, 3.05) is 0 Å². The summed E-state index contributed by atoms with van der Waals surface area (Å²) in [7, 11) is 0. The second kappa shape index (κ2) is 24.0. The molecule has 14 rings (SSSR count). The van der Waals surface area contributed by atoms with E-state index in [4.69, 9.17) is 4.42 Å². The highest BCUT2D eigenvalue weighted by molar-refractivity contribution is 6.07. The van der Waals surface area contributed by atoms with Crippen molar-refractivity contribution in [1.82, 2.24) is 9.13 Å². The molecule has 8 aromatic carbocycles. The Morgan fingerprint density at radius 2 is 0.916 bits per heavy atom. The monoisotopic (exact) mass is 1080 g/mol. The van der Waals surface area contributed by atoms with Crippen LogP contribution >= 0.6 is 0 Å². The maximum atomic E-state index is 6.69. The molecule has 3 aliphatic carbocycles. The molecule has 11 aromatic rings. The van der Waals surface area contributed by atoms with Crippen molar-refractivity contribution in [1.29, 1.82) is 0 Å². The molecule has 83 heavy (non-hydrogen) atoms. The van der Waals surface area contributed by atoms with Crippen LogP contribution < -0.4 is 0 Å². The highest BCUT2D eigenvalue weighted by Crippen LogP contribution is 2.56. The number of hydrogen-bond acceptors (Lipinski definition) is 1. The highest BCUT2D eigenvalue weighted by Gasteiger charge is 2.42. The summed E-state index contributed by atoms with van der Waals surface area (Å²) < 4.78 is 11.6. The molecule has 3 aliphatic rings. The summed E-state index contributed by atoms with van der Waals surface area (Å²) in [6.07, 6.45) is 33.5. The van der Waals surface area contributed by atoms with E-state index in [0.717, 1.165) is 53.2 Å². The standard InChI is InChI=1S/C77H74N2O.C3H6/c1-3-5-7-9-11-21-45-77(46-22-12-10-8-6-4-2)69-42-38-56(49-66(69)67-50-57(39-43-70(67)77)55-27-24-28-59(48-55)78-71-33-17-13-29-61(71)62-30-14-18-34-72(62)78)53-25-23-26-54(47-53)58-37-41-65-68-52-60(40-44-75(68)80-76(65)51-58)79-73-35-19-15-31-63(73)64-32-16-20-36-74(64)79;1-3-2/h13,15,17-20,23-29,31,33-44,47-52H,3-12,14,16,21-22,30,32,45-46H2,1-2H3;3H,1H2,2H3. The van der Waals surface area contributed by atoms with Crippen molar-refractivity contribution in [3.63, 3.8) is 0 Å². The van der Waals surface area contributed by atoms with Crippen LogP contribution in [0.3, 0.4) is 0 Å². The molecule has 3 aromatic heterocycles. The number of rotatable bonds is 19. The number of allylic oxidation sites excluding steroid dienone is 3. The van der Waals surface area contributed by atoms with E-state index in [0.29, 0.717) is 0 Å². The Labute approximate surface area is 492 Å². The molecule has 0 saturated heterocycles. The minimum Gasteiger partial charge on any atom is -0.456 e. The molecule has 416 valence electrons. The number of hydrogen-bond donors (Lipinski definition) is 0. The third-order valence-corrected chi connectivity index (χ3v) is 18.7. The minimum absolute atomic E-state index is 0.00867. The van der Waals surface area contributed by atoms with Crippen LogP contribution in [0.25, 0.3) is 112 Å². The summed E-state index contributed by atoms with van der Waals surface area (Å²) >= 11 is 0. The van der Waals surface area contributed by atoms with Crippen LogP contribution in [0.4, 0.5) is 0 Å². The quantitative estimate of drug-likeness (QED) is 0.0585. The van der Waals surface area contributed by atoms with E-state index in [1.54, 1.807) is 11.6 Å². The molecule has 3 nitrogen and oxygen atoms in total. The average molecular weight is 1090 g/mol. The average Bonchev–Trinajstić information content (AvgIpc) is 4.15. The molecule has 0 N–H and O–H groups in total. The van der Waals surface area contributed by atoms with Crippen LogP contribution in [0.15, 0.2) is 199 Å². The molecule has 0 amide bonds. The second-order valence-corrected chi connectivity index (χ2v) is 24.0. The predicted octanol–water partition coefficient (Wildman–Crippen LogP) is 23.4. The zero-order valence-corrected chi connectivity index (χ0v) is 49.3. The van der Waals surface area contributed by atoms with Crippen molar-refractivity contribution in [2.24, 2.45) is 0 Å². The van der Waals surface area contributed by atoms with E-state index < -0.39 is 0 Å². The lowest BCUT2D eigenvalue weighted by atomic mass is 9.70. The summed E-state index contributed by atoms with van der Waals surface area (Å²) in [5.74, 6) is 0. The maximum absolute atomic E-state index is 6.69. The van der Waals surface area contributed by atoms with Gasteiger partial charge < -0.3 is 13.6 Å². The third kappa shape index (κ3) is 10.1. The fourth-order valence-electron chi connectivity index (χ4n) is 14.7. The van der Waals surface area contributed by atoms with E-state index in [9.17, 15) is 0 Å². The Hall–Kier alpha value is -8.14. The molecule has 0 spiro atoms. The summed E-state index contributed by atoms with van der Waals surface area (Å²) in [5, 5.41) is 5.02. The van der Waals surface area contributed by atoms with Crippen molar-refractivity contribution < 1.29 is 4.42 Å². The number of fused-ring (bicyclic) bond motifs is 12. The smallest absolute Gasteiger partial charge is 0.136 e. The van der Waals surface area contributed by atoms with Crippen LogP contribution in [0.5, 0.6) is 0 Å². The van der Waals surface area contributed by atoms with Crippen molar-refractivity contribution in [3.8, 4) is 55.9 Å². The fraction of sp³-hybridized carbons (Fsp3) is 0.275. The fourth-order valence-corrected chi connectivity index (χ4v) is 14.7. The maximum Gasteiger partial charge on any atom is 0.136 e. The molecule has 0 unspecified atom stereocenters.